The second kappa shape index (κ2) is 8.88. The van der Waals surface area contributed by atoms with Gasteiger partial charge in [-0.25, -0.2) is 8.42 Å². The molecule has 0 amide bonds. The molecular weight excluding hydrogens is 388 g/mol. The van der Waals surface area contributed by atoms with Crippen LogP contribution in [0.1, 0.15) is 50.4 Å². The van der Waals surface area contributed by atoms with Crippen LogP contribution in [0.3, 0.4) is 0 Å². The summed E-state index contributed by atoms with van der Waals surface area (Å²) in [6.07, 6.45) is 5.01. The maximum Gasteiger partial charge on any atom is 0.229 e. The van der Waals surface area contributed by atoms with Crippen molar-refractivity contribution in [2.45, 2.75) is 39.2 Å². The standard InChI is InChI=1S/C22H28N2O2S2/c1-16(18-9-13-20(14-10-18)24-28(5,25)26)23-21(27)15-8-17-6-11-19(12-7-17)22(2,3)4/h6-16,24H,1-5H3,(H,23,27). The minimum atomic E-state index is -3.27. The van der Waals surface area contributed by atoms with Gasteiger partial charge in [0, 0.05) is 11.7 Å². The SMILES string of the molecule is CC(NC(=S)C=Cc1ccc(C(C)(C)C)cc1)c1ccc(NS(C)(=O)=O)cc1. The van der Waals surface area contributed by atoms with Crippen molar-refractivity contribution in [3.8, 4) is 0 Å². The molecule has 0 aliphatic rings. The summed E-state index contributed by atoms with van der Waals surface area (Å²) < 4.78 is 25.0. The molecule has 0 fully saturated rings. The van der Waals surface area contributed by atoms with Crippen LogP contribution in [0.15, 0.2) is 54.6 Å². The molecule has 2 aromatic carbocycles. The number of hydrogen-bond acceptors (Lipinski definition) is 3. The highest BCUT2D eigenvalue weighted by atomic mass is 32.2. The average molecular weight is 417 g/mol. The van der Waals surface area contributed by atoms with Crippen LogP contribution in [0.4, 0.5) is 5.69 Å². The number of anilines is 1. The normalized spacial score (nSPS) is 13.3. The highest BCUT2D eigenvalue weighted by molar-refractivity contribution is 7.92. The molecule has 6 heteroatoms. The van der Waals surface area contributed by atoms with Crippen molar-refractivity contribution in [3.05, 3.63) is 71.3 Å². The largest absolute Gasteiger partial charge is 0.370 e. The molecule has 0 aromatic heterocycles. The van der Waals surface area contributed by atoms with E-state index >= 15 is 0 Å². The lowest BCUT2D eigenvalue weighted by Gasteiger charge is -2.18. The van der Waals surface area contributed by atoms with Crippen LogP contribution in [-0.2, 0) is 15.4 Å². The Morgan fingerprint density at radius 3 is 2.11 bits per heavy atom. The maximum absolute atomic E-state index is 11.3. The summed E-state index contributed by atoms with van der Waals surface area (Å²) in [5, 5.41) is 3.28. The summed E-state index contributed by atoms with van der Waals surface area (Å²) in [5.41, 5.74) is 4.10. The molecule has 150 valence electrons. The zero-order valence-corrected chi connectivity index (χ0v) is 18.6. The monoisotopic (exact) mass is 416 g/mol. The predicted molar refractivity (Wildman–Crippen MR) is 123 cm³/mol. The quantitative estimate of drug-likeness (QED) is 0.511. The van der Waals surface area contributed by atoms with Gasteiger partial charge in [-0.2, -0.15) is 0 Å². The number of thiocarbonyl (C=S) groups is 1. The van der Waals surface area contributed by atoms with Crippen molar-refractivity contribution in [3.63, 3.8) is 0 Å². The van der Waals surface area contributed by atoms with E-state index in [0.29, 0.717) is 10.7 Å². The first kappa shape index (κ1) is 22.1. The first-order chi connectivity index (χ1) is 12.9. The fourth-order valence-electron chi connectivity index (χ4n) is 2.66. The lowest BCUT2D eigenvalue weighted by Crippen LogP contribution is -2.23. The third-order valence-electron chi connectivity index (χ3n) is 4.28. The van der Waals surface area contributed by atoms with Crippen LogP contribution in [0.25, 0.3) is 6.08 Å². The molecule has 1 unspecified atom stereocenters. The third kappa shape index (κ3) is 7.09. The molecule has 0 aliphatic heterocycles. The van der Waals surface area contributed by atoms with Gasteiger partial charge in [-0.3, -0.25) is 4.72 Å². The number of sulfonamides is 1. The van der Waals surface area contributed by atoms with Gasteiger partial charge >= 0.3 is 0 Å². The summed E-state index contributed by atoms with van der Waals surface area (Å²) >= 11 is 5.42. The molecule has 0 heterocycles. The molecule has 4 nitrogen and oxygen atoms in total. The average Bonchev–Trinajstić information content (AvgIpc) is 2.59. The molecule has 2 aromatic rings. The summed E-state index contributed by atoms with van der Waals surface area (Å²) in [6.45, 7) is 8.60. The fraction of sp³-hybridized carbons (Fsp3) is 0.318. The van der Waals surface area contributed by atoms with Crippen LogP contribution in [0, 0.1) is 0 Å². The van der Waals surface area contributed by atoms with E-state index in [2.05, 4.69) is 55.1 Å². The summed E-state index contributed by atoms with van der Waals surface area (Å²) in [5.74, 6) is 0. The van der Waals surface area contributed by atoms with Gasteiger partial charge in [0.15, 0.2) is 0 Å². The lowest BCUT2D eigenvalue weighted by atomic mass is 9.87. The molecular formula is C22H28N2O2S2. The molecule has 0 spiro atoms. The van der Waals surface area contributed by atoms with Crippen LogP contribution < -0.4 is 10.0 Å². The van der Waals surface area contributed by atoms with E-state index in [0.717, 1.165) is 17.4 Å². The van der Waals surface area contributed by atoms with Gasteiger partial charge in [0.1, 0.15) is 0 Å². The first-order valence-corrected chi connectivity index (χ1v) is 11.4. The van der Waals surface area contributed by atoms with Gasteiger partial charge in [-0.15, -0.1) is 0 Å². The van der Waals surface area contributed by atoms with Gasteiger partial charge in [0.2, 0.25) is 10.0 Å². The molecule has 2 N–H and O–H groups in total. The summed E-state index contributed by atoms with van der Waals surface area (Å²) in [4.78, 5) is 0.644. The second-order valence-corrected chi connectivity index (χ2v) is 10.1. The number of nitrogens with one attached hydrogen (secondary N) is 2. The van der Waals surface area contributed by atoms with E-state index in [-0.39, 0.29) is 11.5 Å². The number of rotatable bonds is 6. The molecule has 28 heavy (non-hydrogen) atoms. The van der Waals surface area contributed by atoms with Gasteiger partial charge in [-0.05, 0) is 47.2 Å². The third-order valence-corrected chi connectivity index (χ3v) is 5.14. The van der Waals surface area contributed by atoms with E-state index in [9.17, 15) is 8.42 Å². The Balaban J connectivity index is 1.95. The van der Waals surface area contributed by atoms with E-state index in [4.69, 9.17) is 12.2 Å². The molecule has 0 bridgehead atoms. The summed E-state index contributed by atoms with van der Waals surface area (Å²) in [6, 6.07) is 15.7. The van der Waals surface area contributed by atoms with Gasteiger partial charge in [-0.1, -0.05) is 75.5 Å². The van der Waals surface area contributed by atoms with E-state index in [1.165, 1.54) is 5.56 Å². The van der Waals surface area contributed by atoms with Crippen LogP contribution in [-0.4, -0.2) is 19.7 Å². The van der Waals surface area contributed by atoms with Crippen molar-refractivity contribution >= 4 is 39.0 Å². The van der Waals surface area contributed by atoms with Gasteiger partial charge in [0.25, 0.3) is 0 Å². The van der Waals surface area contributed by atoms with Gasteiger partial charge < -0.3 is 5.32 Å². The zero-order chi connectivity index (χ0) is 20.9. The van der Waals surface area contributed by atoms with E-state index in [1.807, 2.05) is 31.2 Å². The lowest BCUT2D eigenvalue weighted by molar-refractivity contribution is 0.590. The zero-order valence-electron chi connectivity index (χ0n) is 17.0. The van der Waals surface area contributed by atoms with Crippen LogP contribution in [0.5, 0.6) is 0 Å². The Morgan fingerprint density at radius 1 is 1.04 bits per heavy atom. The Labute approximate surface area is 174 Å². The van der Waals surface area contributed by atoms with Crippen molar-refractivity contribution in [2.75, 3.05) is 11.0 Å². The Morgan fingerprint density at radius 2 is 1.61 bits per heavy atom. The Hall–Kier alpha value is -2.18. The second-order valence-electron chi connectivity index (χ2n) is 7.93. The topological polar surface area (TPSA) is 58.2 Å². The minimum Gasteiger partial charge on any atom is -0.370 e. The van der Waals surface area contributed by atoms with Crippen molar-refractivity contribution < 1.29 is 8.42 Å². The van der Waals surface area contributed by atoms with E-state index in [1.54, 1.807) is 12.1 Å². The van der Waals surface area contributed by atoms with Crippen molar-refractivity contribution in [1.29, 1.82) is 0 Å². The Kier molecular flexibility index (Phi) is 7.01. The van der Waals surface area contributed by atoms with Crippen LogP contribution in [0.2, 0.25) is 0 Å². The predicted octanol–water partition coefficient (Wildman–Crippen LogP) is 5.05. The van der Waals surface area contributed by atoms with Crippen LogP contribution >= 0.6 is 12.2 Å². The smallest absolute Gasteiger partial charge is 0.229 e. The van der Waals surface area contributed by atoms with E-state index < -0.39 is 10.0 Å². The van der Waals surface area contributed by atoms with Gasteiger partial charge in [0.05, 0.1) is 11.2 Å². The molecule has 0 saturated carbocycles. The maximum atomic E-state index is 11.3. The molecule has 0 aliphatic carbocycles. The fourth-order valence-corrected chi connectivity index (χ4v) is 3.47. The van der Waals surface area contributed by atoms with Crippen molar-refractivity contribution in [2.24, 2.45) is 0 Å². The minimum absolute atomic E-state index is 0.00713. The van der Waals surface area contributed by atoms with Crippen molar-refractivity contribution in [1.82, 2.24) is 5.32 Å². The molecule has 1 atom stereocenters. The molecule has 2 rings (SSSR count). The Bertz CT molecular complexity index is 940. The number of benzene rings is 2. The molecule has 0 radical (unpaired) electrons. The molecule has 0 saturated heterocycles. The summed E-state index contributed by atoms with van der Waals surface area (Å²) in [7, 11) is -3.27. The first-order valence-electron chi connectivity index (χ1n) is 9.11. The highest BCUT2D eigenvalue weighted by Gasteiger charge is 2.12. The number of hydrogen-bond donors (Lipinski definition) is 2. The highest BCUT2D eigenvalue weighted by Crippen LogP contribution is 2.22.